The molecule has 0 N–H and O–H groups in total. The summed E-state index contributed by atoms with van der Waals surface area (Å²) in [7, 11) is 0. The average Bonchev–Trinajstić information content (AvgIpc) is 2.50. The maximum absolute atomic E-state index is 14.4. The molecule has 1 atom stereocenters. The number of hydrogen-bond donors (Lipinski definition) is 0. The summed E-state index contributed by atoms with van der Waals surface area (Å²) in [4.78, 5) is 13.3. The minimum absolute atomic E-state index is 0. The Morgan fingerprint density at radius 3 is 2.58 bits per heavy atom. The topological polar surface area (TPSA) is 29.5 Å². The zero-order chi connectivity index (χ0) is 17.0. The van der Waals surface area contributed by atoms with Gasteiger partial charge in [0.2, 0.25) is 5.91 Å². The number of carbonyl (C=O) groups is 1. The third kappa shape index (κ3) is 4.56. The van der Waals surface area contributed by atoms with Crippen LogP contribution in [0.3, 0.4) is 0 Å². The van der Waals surface area contributed by atoms with E-state index in [1.807, 2.05) is 0 Å². The molecule has 0 saturated heterocycles. The molecule has 1 aromatic rings. The van der Waals surface area contributed by atoms with Crippen molar-refractivity contribution >= 4 is 23.2 Å². The van der Waals surface area contributed by atoms with Crippen molar-refractivity contribution in [3.05, 3.63) is 35.4 Å². The van der Waals surface area contributed by atoms with Crippen molar-refractivity contribution in [3.63, 3.8) is 0 Å². The van der Waals surface area contributed by atoms with Crippen molar-refractivity contribution in [3.8, 4) is 17.6 Å². The summed E-state index contributed by atoms with van der Waals surface area (Å²) < 4.78 is 33.9. The summed E-state index contributed by atoms with van der Waals surface area (Å²) >= 11 is 5.88. The Hall–Kier alpha value is -0.956. The van der Waals surface area contributed by atoms with Crippen molar-refractivity contribution in [2.45, 2.75) is 25.6 Å². The summed E-state index contributed by atoms with van der Waals surface area (Å²) in [5, 5.41) is -0.764. The van der Waals surface area contributed by atoms with Crippen LogP contribution < -0.4 is 4.74 Å². The van der Waals surface area contributed by atoms with Gasteiger partial charge in [-0.2, -0.15) is 0 Å². The third-order valence-electron chi connectivity index (χ3n) is 3.31. The number of alkyl halides is 1. The van der Waals surface area contributed by atoms with E-state index in [2.05, 4.69) is 17.9 Å². The van der Waals surface area contributed by atoms with Crippen LogP contribution in [-0.2, 0) is 37.5 Å². The van der Waals surface area contributed by atoms with Crippen LogP contribution in [0.4, 0.5) is 8.78 Å². The molecule has 1 radical (unpaired) electrons. The first-order valence-electron chi connectivity index (χ1n) is 7.07. The molecule has 125 valence electrons. The fourth-order valence-electron chi connectivity index (χ4n) is 2.24. The smallest absolute Gasteiger partial charge is 0.241 e. The number of hydrogen-bond acceptors (Lipinski definition) is 2. The Bertz CT molecular complexity index is 689. The first-order valence-corrected chi connectivity index (χ1v) is 7.51. The molecule has 0 saturated carbocycles. The average molecular weight is 428 g/mol. The Morgan fingerprint density at radius 2 is 2.04 bits per heavy atom. The van der Waals surface area contributed by atoms with Crippen LogP contribution in [0, 0.1) is 29.6 Å². The van der Waals surface area contributed by atoms with Gasteiger partial charge in [0, 0.05) is 39.3 Å². The van der Waals surface area contributed by atoms with E-state index in [0.717, 1.165) is 12.1 Å². The van der Waals surface area contributed by atoms with Crippen LogP contribution in [0.15, 0.2) is 12.1 Å². The molecular formula is C17H15ClF2NO2Y-. The van der Waals surface area contributed by atoms with Crippen molar-refractivity contribution in [2.75, 3.05) is 13.2 Å². The summed E-state index contributed by atoms with van der Waals surface area (Å²) in [6, 6.07) is 2.13. The van der Waals surface area contributed by atoms with E-state index in [1.165, 1.54) is 4.90 Å². The van der Waals surface area contributed by atoms with Crippen LogP contribution >= 0.6 is 11.6 Å². The van der Waals surface area contributed by atoms with Gasteiger partial charge in [0.25, 0.3) is 0 Å². The number of allylic oxidation sites excluding steroid dienone is 1. The van der Waals surface area contributed by atoms with E-state index < -0.39 is 17.0 Å². The van der Waals surface area contributed by atoms with Gasteiger partial charge in [0.1, 0.15) is 17.7 Å². The van der Waals surface area contributed by atoms with Gasteiger partial charge in [-0.25, -0.2) is 14.9 Å². The molecule has 0 spiro atoms. The standard InChI is InChI=1S/C17H15ClF2NO2.Y/c1-3-5-8-23-11-9-13(19)16(14(20)10-11)15-7-6-12(18)17(22)21(15)4-2;/h9-10,12H,4,6,8H2,1-2H3;/q-1;. The number of ether oxygens (including phenoxy) is 1. The molecular weight excluding hydrogens is 413 g/mol. The van der Waals surface area contributed by atoms with Crippen molar-refractivity contribution in [1.29, 1.82) is 0 Å². The Labute approximate surface area is 170 Å². The second kappa shape index (κ2) is 9.51. The Kier molecular flexibility index (Phi) is 8.35. The maximum atomic E-state index is 14.4. The molecule has 3 nitrogen and oxygen atoms in total. The van der Waals surface area contributed by atoms with Crippen LogP contribution in [0.5, 0.6) is 5.75 Å². The van der Waals surface area contributed by atoms with Crippen LogP contribution in [0.1, 0.15) is 25.8 Å². The molecule has 7 heteroatoms. The molecule has 1 aliphatic heterocycles. The van der Waals surface area contributed by atoms with Crippen molar-refractivity contribution in [1.82, 2.24) is 4.90 Å². The van der Waals surface area contributed by atoms with Crippen LogP contribution in [0.25, 0.3) is 5.70 Å². The molecule has 1 heterocycles. The third-order valence-corrected chi connectivity index (χ3v) is 3.65. The minimum atomic E-state index is -0.828. The fraction of sp³-hybridized carbons (Fsp3) is 0.353. The van der Waals surface area contributed by atoms with Gasteiger partial charge in [0.15, 0.2) is 0 Å². The molecule has 0 aromatic heterocycles. The van der Waals surface area contributed by atoms with E-state index in [-0.39, 0.29) is 75.2 Å². The molecule has 0 aliphatic carbocycles. The number of rotatable bonds is 4. The van der Waals surface area contributed by atoms with Crippen molar-refractivity contribution < 1.29 is 51.0 Å². The first-order chi connectivity index (χ1) is 11.0. The summed E-state index contributed by atoms with van der Waals surface area (Å²) in [5.74, 6) is 3.25. The maximum Gasteiger partial charge on any atom is 0.241 e. The summed E-state index contributed by atoms with van der Waals surface area (Å²) in [6.07, 6.45) is 2.92. The molecule has 0 fully saturated rings. The van der Waals surface area contributed by atoms with Gasteiger partial charge < -0.3 is 9.64 Å². The van der Waals surface area contributed by atoms with Crippen LogP contribution in [0.2, 0.25) is 0 Å². The quantitative estimate of drug-likeness (QED) is 0.419. The molecule has 1 amide bonds. The van der Waals surface area contributed by atoms with E-state index in [9.17, 15) is 13.6 Å². The number of nitrogens with zero attached hydrogens (tertiary/aromatic N) is 1. The molecule has 1 aromatic carbocycles. The van der Waals surface area contributed by atoms with Gasteiger partial charge in [-0.1, -0.05) is 17.9 Å². The number of carbonyl (C=O) groups excluding carboxylic acids is 1. The SMILES string of the molecule is CC#CCOc1cc(F)c(C2=[C-]CC(Cl)C(=O)N2CC)c(F)c1.[Y]. The zero-order valence-corrected chi connectivity index (χ0v) is 16.9. The fourth-order valence-corrected chi connectivity index (χ4v) is 2.43. The van der Waals surface area contributed by atoms with Crippen LogP contribution in [-0.4, -0.2) is 29.3 Å². The largest absolute Gasteiger partial charge is 0.481 e. The normalized spacial score (nSPS) is 16.7. The molecule has 0 bridgehead atoms. The van der Waals surface area contributed by atoms with E-state index in [4.69, 9.17) is 16.3 Å². The second-order valence-electron chi connectivity index (χ2n) is 4.76. The van der Waals surface area contributed by atoms with Gasteiger partial charge >= 0.3 is 0 Å². The Morgan fingerprint density at radius 1 is 1.42 bits per heavy atom. The molecule has 1 unspecified atom stereocenters. The van der Waals surface area contributed by atoms with E-state index in [1.54, 1.807) is 13.8 Å². The molecule has 24 heavy (non-hydrogen) atoms. The summed E-state index contributed by atoms with van der Waals surface area (Å²) in [5.41, 5.74) is -0.234. The first kappa shape index (κ1) is 21.1. The predicted molar refractivity (Wildman–Crippen MR) is 83.6 cm³/mol. The monoisotopic (exact) mass is 427 g/mol. The number of benzene rings is 1. The minimum Gasteiger partial charge on any atom is -0.481 e. The molecule has 1 aliphatic rings. The van der Waals surface area contributed by atoms with Gasteiger partial charge in [0.05, 0.1) is 11.6 Å². The van der Waals surface area contributed by atoms with Gasteiger partial charge in [-0.3, -0.25) is 4.79 Å². The number of amides is 1. The predicted octanol–water partition coefficient (Wildman–Crippen LogP) is 3.37. The van der Waals surface area contributed by atoms with E-state index >= 15 is 0 Å². The Balaban J connectivity index is 0.00000288. The van der Waals surface area contributed by atoms with Crippen molar-refractivity contribution in [2.24, 2.45) is 0 Å². The summed E-state index contributed by atoms with van der Waals surface area (Å²) in [6.45, 7) is 3.62. The van der Waals surface area contributed by atoms with Gasteiger partial charge in [-0.15, -0.1) is 23.2 Å². The zero-order valence-electron chi connectivity index (χ0n) is 13.3. The number of halogens is 3. The van der Waals surface area contributed by atoms with Gasteiger partial charge in [-0.05, 0) is 26.0 Å². The van der Waals surface area contributed by atoms with E-state index in [0.29, 0.717) is 0 Å². The molecule has 2 rings (SSSR count). The second-order valence-corrected chi connectivity index (χ2v) is 5.28.